The number of rotatable bonds is 3. The summed E-state index contributed by atoms with van der Waals surface area (Å²) in [6.45, 7) is 0. The van der Waals surface area contributed by atoms with Gasteiger partial charge >= 0.3 is 0 Å². The van der Waals surface area contributed by atoms with Crippen molar-refractivity contribution in [3.63, 3.8) is 0 Å². The Labute approximate surface area is 127 Å². The van der Waals surface area contributed by atoms with E-state index in [-0.39, 0.29) is 5.76 Å². The first-order chi connectivity index (χ1) is 10.2. The molecular weight excluding hydrogens is 286 g/mol. The highest BCUT2D eigenvalue weighted by atomic mass is 35.5. The molecule has 0 N–H and O–H groups in total. The lowest BCUT2D eigenvalue weighted by Crippen LogP contribution is -2.27. The first kappa shape index (κ1) is 13.4. The number of benzene rings is 2. The van der Waals surface area contributed by atoms with Crippen molar-refractivity contribution in [2.75, 3.05) is 0 Å². The van der Waals surface area contributed by atoms with Crippen molar-refractivity contribution >= 4 is 23.6 Å². The van der Waals surface area contributed by atoms with E-state index in [0.29, 0.717) is 10.6 Å². The Morgan fingerprint density at radius 2 is 1.81 bits per heavy atom. The van der Waals surface area contributed by atoms with Gasteiger partial charge in [0.05, 0.1) is 6.20 Å². The van der Waals surface area contributed by atoms with Crippen molar-refractivity contribution < 1.29 is 9.67 Å². The van der Waals surface area contributed by atoms with Gasteiger partial charge in [-0.05, 0) is 29.8 Å². The predicted octanol–water partition coefficient (Wildman–Crippen LogP) is 2.13. The topological polar surface area (TPSA) is 44.8 Å². The molecule has 0 aliphatic rings. The van der Waals surface area contributed by atoms with Crippen LogP contribution in [0.15, 0.2) is 67.3 Å². The lowest BCUT2D eigenvalue weighted by molar-refractivity contribution is -0.596. The molecule has 0 fully saturated rings. The van der Waals surface area contributed by atoms with E-state index in [1.807, 2.05) is 34.9 Å². The molecule has 0 bridgehead atoms. The summed E-state index contributed by atoms with van der Waals surface area (Å²) >= 11 is 5.81. The Hall–Kier alpha value is -2.59. The third-order valence-corrected chi connectivity index (χ3v) is 3.24. The Morgan fingerprint density at radius 3 is 2.52 bits per heavy atom. The third-order valence-electron chi connectivity index (χ3n) is 2.98. The molecule has 0 aliphatic heterocycles. The van der Waals surface area contributed by atoms with E-state index >= 15 is 0 Å². The molecule has 4 nitrogen and oxygen atoms in total. The van der Waals surface area contributed by atoms with Crippen LogP contribution in [0.2, 0.25) is 5.02 Å². The van der Waals surface area contributed by atoms with Gasteiger partial charge in [0, 0.05) is 10.1 Å². The van der Waals surface area contributed by atoms with Gasteiger partial charge in [-0.15, -0.1) is 0 Å². The Balaban J connectivity index is 1.86. The Morgan fingerprint density at radius 1 is 1.10 bits per heavy atom. The quantitative estimate of drug-likeness (QED) is 0.549. The lowest BCUT2D eigenvalue weighted by atomic mass is 10.2. The van der Waals surface area contributed by atoms with Gasteiger partial charge in [0.15, 0.2) is 0 Å². The smallest absolute Gasteiger partial charge is 0.270 e. The molecule has 0 unspecified atom stereocenters. The maximum absolute atomic E-state index is 12.1. The van der Waals surface area contributed by atoms with Gasteiger partial charge in [0.25, 0.3) is 6.33 Å². The van der Waals surface area contributed by atoms with Crippen LogP contribution in [0.4, 0.5) is 0 Å². The van der Waals surface area contributed by atoms with Gasteiger partial charge in [-0.2, -0.15) is 0 Å². The van der Waals surface area contributed by atoms with Crippen LogP contribution in [-0.2, 0) is 0 Å². The molecular formula is C16H12ClN3O. The van der Waals surface area contributed by atoms with Crippen molar-refractivity contribution in [2.45, 2.75) is 0 Å². The second-order valence-electron chi connectivity index (χ2n) is 4.47. The molecule has 1 heterocycles. The molecule has 0 radical (unpaired) electrons. The minimum absolute atomic E-state index is 0.130. The minimum atomic E-state index is -0.130. The highest BCUT2D eigenvalue weighted by Gasteiger charge is 2.05. The summed E-state index contributed by atoms with van der Waals surface area (Å²) in [6.07, 6.45) is 4.83. The van der Waals surface area contributed by atoms with E-state index in [9.17, 15) is 5.11 Å². The van der Waals surface area contributed by atoms with Gasteiger partial charge in [-0.3, -0.25) is 0 Å². The van der Waals surface area contributed by atoms with Crippen LogP contribution >= 0.6 is 11.6 Å². The SMILES string of the molecule is [O-]/C(=C\n1c[n+](-c2ccccc2)cn1)c1ccc(Cl)cc1. The molecule has 1 aromatic heterocycles. The highest BCUT2D eigenvalue weighted by Crippen LogP contribution is 2.14. The molecule has 5 heteroatoms. The number of nitrogens with zero attached hydrogens (tertiary/aromatic N) is 3. The summed E-state index contributed by atoms with van der Waals surface area (Å²) in [4.78, 5) is 0. The fourth-order valence-corrected chi connectivity index (χ4v) is 2.04. The zero-order valence-corrected chi connectivity index (χ0v) is 11.8. The summed E-state index contributed by atoms with van der Waals surface area (Å²) in [5.74, 6) is -0.130. The van der Waals surface area contributed by atoms with Crippen LogP contribution < -0.4 is 9.67 Å². The molecule has 3 rings (SSSR count). The molecule has 2 aromatic carbocycles. The summed E-state index contributed by atoms with van der Waals surface area (Å²) in [5, 5.41) is 16.9. The van der Waals surface area contributed by atoms with E-state index in [0.717, 1.165) is 5.69 Å². The summed E-state index contributed by atoms with van der Waals surface area (Å²) in [7, 11) is 0. The first-order valence-electron chi connectivity index (χ1n) is 6.38. The zero-order valence-electron chi connectivity index (χ0n) is 11.1. The van der Waals surface area contributed by atoms with E-state index in [1.54, 1.807) is 36.9 Å². The maximum Gasteiger partial charge on any atom is 0.270 e. The lowest BCUT2D eigenvalue weighted by Gasteiger charge is -2.09. The van der Waals surface area contributed by atoms with Crippen LogP contribution in [0.1, 0.15) is 5.56 Å². The predicted molar refractivity (Wildman–Crippen MR) is 79.4 cm³/mol. The van der Waals surface area contributed by atoms with Crippen molar-refractivity contribution in [1.29, 1.82) is 0 Å². The van der Waals surface area contributed by atoms with Crippen LogP contribution in [0.3, 0.4) is 0 Å². The van der Waals surface area contributed by atoms with E-state index < -0.39 is 0 Å². The average molecular weight is 298 g/mol. The second kappa shape index (κ2) is 5.81. The van der Waals surface area contributed by atoms with Gasteiger partial charge in [-0.25, -0.2) is 4.57 Å². The van der Waals surface area contributed by atoms with Crippen molar-refractivity contribution in [3.05, 3.63) is 77.8 Å². The average Bonchev–Trinajstić information content (AvgIpc) is 2.97. The molecule has 0 saturated heterocycles. The standard InChI is InChI=1S/C16H12ClN3O/c17-14-8-6-13(7-9-14)16(21)10-20-12-19(11-18-20)15-4-2-1-3-5-15/h1-12H/b16-10-. The molecule has 0 spiro atoms. The number of halogens is 1. The van der Waals surface area contributed by atoms with Crippen LogP contribution in [0, 0.1) is 0 Å². The fraction of sp³-hybridized carbons (Fsp3) is 0. The zero-order chi connectivity index (χ0) is 14.7. The summed E-state index contributed by atoms with van der Waals surface area (Å²) in [5.41, 5.74) is 1.55. The fourth-order valence-electron chi connectivity index (χ4n) is 1.91. The molecule has 0 saturated carbocycles. The minimum Gasteiger partial charge on any atom is -0.870 e. The monoisotopic (exact) mass is 297 g/mol. The molecule has 3 aromatic rings. The molecule has 0 atom stereocenters. The van der Waals surface area contributed by atoms with Crippen molar-refractivity contribution in [2.24, 2.45) is 0 Å². The number of aromatic nitrogens is 3. The molecule has 21 heavy (non-hydrogen) atoms. The third kappa shape index (κ3) is 3.12. The van der Waals surface area contributed by atoms with Crippen LogP contribution in [-0.4, -0.2) is 9.78 Å². The number of hydrogen-bond acceptors (Lipinski definition) is 2. The Kier molecular flexibility index (Phi) is 3.71. The van der Waals surface area contributed by atoms with E-state index in [2.05, 4.69) is 5.10 Å². The molecule has 0 amide bonds. The Bertz CT molecular complexity index is 764. The highest BCUT2D eigenvalue weighted by molar-refractivity contribution is 6.30. The van der Waals surface area contributed by atoms with Crippen molar-refractivity contribution in [3.8, 4) is 5.69 Å². The summed E-state index contributed by atoms with van der Waals surface area (Å²) in [6, 6.07) is 16.5. The first-order valence-corrected chi connectivity index (χ1v) is 6.76. The van der Waals surface area contributed by atoms with Gasteiger partial charge in [0.2, 0.25) is 6.33 Å². The number of para-hydroxylation sites is 1. The van der Waals surface area contributed by atoms with Crippen molar-refractivity contribution in [1.82, 2.24) is 9.78 Å². The second-order valence-corrected chi connectivity index (χ2v) is 4.91. The number of hydrogen-bond donors (Lipinski definition) is 0. The van der Waals surface area contributed by atoms with E-state index in [4.69, 9.17) is 11.6 Å². The summed E-state index contributed by atoms with van der Waals surface area (Å²) < 4.78 is 3.33. The normalized spacial score (nSPS) is 11.6. The van der Waals surface area contributed by atoms with Gasteiger partial charge in [0.1, 0.15) is 5.69 Å². The van der Waals surface area contributed by atoms with E-state index in [1.165, 1.54) is 10.9 Å². The van der Waals surface area contributed by atoms with Crippen LogP contribution in [0.25, 0.3) is 17.6 Å². The van der Waals surface area contributed by atoms with Crippen LogP contribution in [0.5, 0.6) is 0 Å². The maximum atomic E-state index is 12.1. The molecule has 104 valence electrons. The van der Waals surface area contributed by atoms with Gasteiger partial charge < -0.3 is 5.11 Å². The largest absolute Gasteiger partial charge is 0.870 e. The molecule has 0 aliphatic carbocycles. The van der Waals surface area contributed by atoms with Gasteiger partial charge in [-0.1, -0.05) is 52.4 Å².